The van der Waals surface area contributed by atoms with Crippen molar-refractivity contribution in [3.63, 3.8) is 0 Å². The molecular formula is C20H23N3O5. The van der Waals surface area contributed by atoms with Crippen LogP contribution in [0.15, 0.2) is 30.0 Å². The highest BCUT2D eigenvalue weighted by atomic mass is 16.5. The maximum absolute atomic E-state index is 12.4. The molecule has 1 amide bonds. The quantitative estimate of drug-likeness (QED) is 0.706. The van der Waals surface area contributed by atoms with Gasteiger partial charge in [-0.25, -0.2) is 9.78 Å². The molecule has 4 rings (SSSR count). The maximum atomic E-state index is 12.4. The fourth-order valence-electron chi connectivity index (χ4n) is 3.50. The average Bonchev–Trinajstić information content (AvgIpc) is 3.01. The van der Waals surface area contributed by atoms with E-state index in [0.717, 1.165) is 29.9 Å². The van der Waals surface area contributed by atoms with Gasteiger partial charge in [0, 0.05) is 13.2 Å². The lowest BCUT2D eigenvalue weighted by Gasteiger charge is -2.29. The van der Waals surface area contributed by atoms with Crippen molar-refractivity contribution in [2.45, 2.75) is 32.0 Å². The molecule has 1 aromatic heterocycles. The van der Waals surface area contributed by atoms with Crippen LogP contribution in [0.5, 0.6) is 0 Å². The lowest BCUT2D eigenvalue weighted by Crippen LogP contribution is -2.36. The molecule has 8 nitrogen and oxygen atoms in total. The maximum Gasteiger partial charge on any atom is 0.337 e. The number of hydrogen-bond acceptors (Lipinski definition) is 6. The van der Waals surface area contributed by atoms with Gasteiger partial charge >= 0.3 is 5.97 Å². The second kappa shape index (κ2) is 7.63. The molecule has 0 unspecified atom stereocenters. The van der Waals surface area contributed by atoms with Gasteiger partial charge < -0.3 is 23.7 Å². The van der Waals surface area contributed by atoms with Crippen LogP contribution in [0.25, 0.3) is 11.0 Å². The van der Waals surface area contributed by atoms with Crippen molar-refractivity contribution in [1.82, 2.24) is 14.5 Å². The molecule has 0 radical (unpaired) electrons. The predicted octanol–water partition coefficient (Wildman–Crippen LogP) is 1.87. The van der Waals surface area contributed by atoms with E-state index in [9.17, 15) is 9.59 Å². The molecule has 148 valence electrons. The molecule has 0 bridgehead atoms. The van der Waals surface area contributed by atoms with E-state index in [0.29, 0.717) is 31.0 Å². The van der Waals surface area contributed by atoms with Crippen LogP contribution in [0.4, 0.5) is 0 Å². The van der Waals surface area contributed by atoms with Crippen LogP contribution in [0, 0.1) is 0 Å². The Hall–Kier alpha value is -2.87. The molecule has 1 atom stereocenters. The smallest absolute Gasteiger partial charge is 0.337 e. The summed E-state index contributed by atoms with van der Waals surface area (Å²) in [5.74, 6) is 1.09. The summed E-state index contributed by atoms with van der Waals surface area (Å²) in [7, 11) is 2.94. The number of aromatic nitrogens is 2. The molecule has 0 aliphatic carbocycles. The van der Waals surface area contributed by atoms with E-state index < -0.39 is 0 Å². The topological polar surface area (TPSA) is 82.9 Å². The Kier molecular flexibility index (Phi) is 5.04. The van der Waals surface area contributed by atoms with E-state index in [4.69, 9.17) is 19.2 Å². The number of fused-ring (bicyclic) bond motifs is 1. The van der Waals surface area contributed by atoms with Crippen LogP contribution in [-0.2, 0) is 32.1 Å². The third-order valence-corrected chi connectivity index (χ3v) is 5.24. The lowest BCUT2D eigenvalue weighted by molar-refractivity contribution is -0.132. The molecular weight excluding hydrogens is 362 g/mol. The molecule has 2 aliphatic rings. The van der Waals surface area contributed by atoms with E-state index in [-0.39, 0.29) is 24.4 Å². The normalized spacial score (nSPS) is 19.4. The van der Waals surface area contributed by atoms with Crippen LogP contribution in [0.1, 0.15) is 29.0 Å². The van der Waals surface area contributed by atoms with Gasteiger partial charge in [-0.3, -0.25) is 4.79 Å². The Bertz CT molecular complexity index is 945. The second-order valence-corrected chi connectivity index (χ2v) is 6.94. The molecule has 0 spiro atoms. The van der Waals surface area contributed by atoms with E-state index in [1.54, 1.807) is 24.1 Å². The van der Waals surface area contributed by atoms with Crippen molar-refractivity contribution in [1.29, 1.82) is 0 Å². The SMILES string of the molecule is COC(=O)c1ccc2nc(CN3CC=C(OC)CC3=O)n(C[C@@H]3CCO3)c2c1. The number of ether oxygens (including phenoxy) is 3. The first kappa shape index (κ1) is 18.5. The van der Waals surface area contributed by atoms with Crippen LogP contribution in [0.3, 0.4) is 0 Å². The summed E-state index contributed by atoms with van der Waals surface area (Å²) >= 11 is 0. The second-order valence-electron chi connectivity index (χ2n) is 6.94. The number of methoxy groups -OCH3 is 2. The summed E-state index contributed by atoms with van der Waals surface area (Å²) < 4.78 is 17.7. The number of nitrogens with zero attached hydrogens (tertiary/aromatic N) is 3. The van der Waals surface area contributed by atoms with Crippen molar-refractivity contribution in [3.05, 3.63) is 41.4 Å². The van der Waals surface area contributed by atoms with Gasteiger partial charge in [0.15, 0.2) is 0 Å². The van der Waals surface area contributed by atoms with E-state index >= 15 is 0 Å². The van der Waals surface area contributed by atoms with Crippen LogP contribution >= 0.6 is 0 Å². The van der Waals surface area contributed by atoms with Gasteiger partial charge in [-0.05, 0) is 30.7 Å². The molecule has 2 aromatic rings. The zero-order valence-electron chi connectivity index (χ0n) is 16.0. The van der Waals surface area contributed by atoms with Gasteiger partial charge in [0.05, 0.1) is 56.4 Å². The molecule has 1 fully saturated rings. The number of esters is 1. The fraction of sp³-hybridized carbons (Fsp3) is 0.450. The molecule has 8 heteroatoms. The molecule has 1 aromatic carbocycles. The number of amides is 1. The molecule has 2 aliphatic heterocycles. The first-order chi connectivity index (χ1) is 13.6. The predicted molar refractivity (Wildman–Crippen MR) is 101 cm³/mol. The van der Waals surface area contributed by atoms with E-state index in [1.807, 2.05) is 12.1 Å². The zero-order chi connectivity index (χ0) is 19.7. The summed E-state index contributed by atoms with van der Waals surface area (Å²) in [6.45, 7) is 2.27. The molecule has 1 saturated heterocycles. The third-order valence-electron chi connectivity index (χ3n) is 5.24. The Morgan fingerprint density at radius 3 is 2.82 bits per heavy atom. The summed E-state index contributed by atoms with van der Waals surface area (Å²) in [6, 6.07) is 5.30. The molecule has 0 N–H and O–H groups in total. The van der Waals surface area contributed by atoms with E-state index in [1.165, 1.54) is 7.11 Å². The molecule has 3 heterocycles. The van der Waals surface area contributed by atoms with Gasteiger partial charge in [0.2, 0.25) is 5.91 Å². The average molecular weight is 385 g/mol. The monoisotopic (exact) mass is 385 g/mol. The number of rotatable bonds is 6. The van der Waals surface area contributed by atoms with Crippen molar-refractivity contribution >= 4 is 22.9 Å². The first-order valence-corrected chi connectivity index (χ1v) is 9.29. The van der Waals surface area contributed by atoms with Gasteiger partial charge in [-0.2, -0.15) is 0 Å². The highest BCUT2D eigenvalue weighted by Crippen LogP contribution is 2.24. The number of benzene rings is 1. The minimum absolute atomic E-state index is 0.00750. The van der Waals surface area contributed by atoms with Crippen LogP contribution in [0.2, 0.25) is 0 Å². The third kappa shape index (κ3) is 3.47. The van der Waals surface area contributed by atoms with Gasteiger partial charge in [-0.1, -0.05) is 0 Å². The van der Waals surface area contributed by atoms with Gasteiger partial charge in [-0.15, -0.1) is 0 Å². The minimum Gasteiger partial charge on any atom is -0.501 e. The van der Waals surface area contributed by atoms with E-state index in [2.05, 4.69) is 4.57 Å². The summed E-state index contributed by atoms with van der Waals surface area (Å²) in [6.07, 6.45) is 3.28. The van der Waals surface area contributed by atoms with Crippen molar-refractivity contribution in [2.24, 2.45) is 0 Å². The summed E-state index contributed by atoms with van der Waals surface area (Å²) in [5, 5.41) is 0. The Balaban J connectivity index is 1.68. The lowest BCUT2D eigenvalue weighted by atomic mass is 10.1. The summed E-state index contributed by atoms with van der Waals surface area (Å²) in [5.41, 5.74) is 2.09. The number of hydrogen-bond donors (Lipinski definition) is 0. The van der Waals surface area contributed by atoms with Gasteiger partial charge in [0.1, 0.15) is 11.6 Å². The molecule has 0 saturated carbocycles. The largest absolute Gasteiger partial charge is 0.501 e. The van der Waals surface area contributed by atoms with Crippen LogP contribution < -0.4 is 0 Å². The zero-order valence-corrected chi connectivity index (χ0v) is 16.0. The highest BCUT2D eigenvalue weighted by molar-refractivity contribution is 5.93. The highest BCUT2D eigenvalue weighted by Gasteiger charge is 2.26. The summed E-state index contributed by atoms with van der Waals surface area (Å²) in [4.78, 5) is 30.9. The standard InChI is InChI=1S/C20H23N3O5/c1-26-14-5-7-22(19(24)10-14)12-18-21-16-4-3-13(20(25)27-2)9-17(16)23(18)11-15-6-8-28-15/h3-5,9,15H,6-8,10-12H2,1-2H3/t15-/m0/s1. The van der Waals surface area contributed by atoms with Crippen molar-refractivity contribution < 1.29 is 23.8 Å². The van der Waals surface area contributed by atoms with Crippen LogP contribution in [-0.4, -0.2) is 59.8 Å². The van der Waals surface area contributed by atoms with Crippen molar-refractivity contribution in [3.8, 4) is 0 Å². The Morgan fingerprint density at radius 2 is 2.18 bits per heavy atom. The number of imidazole rings is 1. The Morgan fingerprint density at radius 1 is 1.36 bits per heavy atom. The Labute approximate surface area is 162 Å². The molecule has 28 heavy (non-hydrogen) atoms. The minimum atomic E-state index is -0.389. The van der Waals surface area contributed by atoms with Gasteiger partial charge in [0.25, 0.3) is 0 Å². The number of carbonyl (C=O) groups excluding carboxylic acids is 2. The van der Waals surface area contributed by atoms with Crippen molar-refractivity contribution in [2.75, 3.05) is 27.4 Å². The first-order valence-electron chi connectivity index (χ1n) is 9.29. The fourth-order valence-corrected chi connectivity index (χ4v) is 3.50. The number of carbonyl (C=O) groups is 2.